The molecule has 0 aromatic heterocycles. The van der Waals surface area contributed by atoms with E-state index in [0.717, 1.165) is 19.6 Å². The maximum absolute atomic E-state index is 5.93. The topological polar surface area (TPSA) is 38.5 Å². The first-order valence-corrected chi connectivity index (χ1v) is 5.26. The first-order valence-electron chi connectivity index (χ1n) is 5.26. The predicted octanol–water partition coefficient (Wildman–Crippen LogP) is 0.835. The zero-order valence-corrected chi connectivity index (χ0v) is 8.83. The third kappa shape index (κ3) is 3.25. The maximum atomic E-state index is 5.93. The minimum atomic E-state index is 0.375. The van der Waals surface area contributed by atoms with E-state index in [0.29, 0.717) is 12.1 Å². The maximum Gasteiger partial charge on any atom is 0.0617 e. The van der Waals surface area contributed by atoms with Crippen molar-refractivity contribution in [3.05, 3.63) is 0 Å². The summed E-state index contributed by atoms with van der Waals surface area (Å²) in [4.78, 5) is 2.47. The second kappa shape index (κ2) is 5.58. The summed E-state index contributed by atoms with van der Waals surface area (Å²) in [6, 6.07) is 0.941. The number of nitrogens with zero attached hydrogens (tertiary/aromatic N) is 1. The van der Waals surface area contributed by atoms with Gasteiger partial charge in [-0.2, -0.15) is 0 Å². The van der Waals surface area contributed by atoms with Gasteiger partial charge >= 0.3 is 0 Å². The van der Waals surface area contributed by atoms with E-state index in [1.165, 1.54) is 19.4 Å². The summed E-state index contributed by atoms with van der Waals surface area (Å²) in [5.74, 6) is 0. The molecule has 13 heavy (non-hydrogen) atoms. The highest BCUT2D eigenvalue weighted by Gasteiger charge is 2.22. The number of hydrogen-bond donors (Lipinski definition) is 1. The second-order valence-electron chi connectivity index (χ2n) is 3.91. The van der Waals surface area contributed by atoms with Crippen LogP contribution in [0.5, 0.6) is 0 Å². The summed E-state index contributed by atoms with van der Waals surface area (Å²) >= 11 is 0. The van der Waals surface area contributed by atoms with Crippen LogP contribution in [-0.2, 0) is 4.74 Å². The van der Waals surface area contributed by atoms with Crippen LogP contribution in [-0.4, -0.2) is 43.8 Å². The SMILES string of the molecule is CCC(COC)N1CCCC(N)C1. The van der Waals surface area contributed by atoms with Crippen molar-refractivity contribution in [2.75, 3.05) is 26.8 Å². The van der Waals surface area contributed by atoms with Gasteiger partial charge in [-0.15, -0.1) is 0 Å². The average Bonchev–Trinajstić information content (AvgIpc) is 2.14. The number of likely N-dealkylation sites (tertiary alicyclic amines) is 1. The quantitative estimate of drug-likeness (QED) is 0.707. The standard InChI is InChI=1S/C10H22N2O/c1-3-10(8-13-2)12-6-4-5-9(11)7-12/h9-10H,3-8,11H2,1-2H3. The predicted molar refractivity (Wildman–Crippen MR) is 54.7 cm³/mol. The fourth-order valence-electron chi connectivity index (χ4n) is 2.05. The van der Waals surface area contributed by atoms with Gasteiger partial charge in [0.05, 0.1) is 6.61 Å². The lowest BCUT2D eigenvalue weighted by molar-refractivity contribution is 0.0694. The van der Waals surface area contributed by atoms with Crippen LogP contribution in [0.2, 0.25) is 0 Å². The van der Waals surface area contributed by atoms with Crippen LogP contribution in [0.25, 0.3) is 0 Å². The van der Waals surface area contributed by atoms with Gasteiger partial charge in [-0.05, 0) is 25.8 Å². The Balaban J connectivity index is 2.37. The van der Waals surface area contributed by atoms with Crippen LogP contribution >= 0.6 is 0 Å². The Kier molecular flexibility index (Phi) is 4.70. The van der Waals surface area contributed by atoms with Crippen molar-refractivity contribution < 1.29 is 4.74 Å². The van der Waals surface area contributed by atoms with E-state index in [4.69, 9.17) is 10.5 Å². The van der Waals surface area contributed by atoms with Gasteiger partial charge in [0.25, 0.3) is 0 Å². The Bertz CT molecular complexity index is 141. The van der Waals surface area contributed by atoms with Crippen LogP contribution in [0.4, 0.5) is 0 Å². The van der Waals surface area contributed by atoms with Crippen molar-refractivity contribution in [2.24, 2.45) is 5.73 Å². The Morgan fingerprint density at radius 1 is 1.62 bits per heavy atom. The molecule has 0 aromatic rings. The van der Waals surface area contributed by atoms with Crippen LogP contribution < -0.4 is 5.73 Å². The normalized spacial score (nSPS) is 27.5. The molecule has 1 fully saturated rings. The van der Waals surface area contributed by atoms with E-state index in [9.17, 15) is 0 Å². The first kappa shape index (κ1) is 11.0. The van der Waals surface area contributed by atoms with E-state index in [1.54, 1.807) is 7.11 Å². The van der Waals surface area contributed by atoms with E-state index >= 15 is 0 Å². The largest absolute Gasteiger partial charge is 0.383 e. The fourth-order valence-corrected chi connectivity index (χ4v) is 2.05. The molecule has 0 amide bonds. The third-order valence-corrected chi connectivity index (χ3v) is 2.84. The van der Waals surface area contributed by atoms with Gasteiger partial charge in [-0.25, -0.2) is 0 Å². The number of nitrogens with two attached hydrogens (primary N) is 1. The van der Waals surface area contributed by atoms with Crippen LogP contribution in [0, 0.1) is 0 Å². The Labute approximate surface area is 81.2 Å². The molecule has 1 rings (SSSR count). The van der Waals surface area contributed by atoms with Crippen molar-refractivity contribution in [1.82, 2.24) is 4.90 Å². The van der Waals surface area contributed by atoms with Crippen molar-refractivity contribution >= 4 is 0 Å². The number of piperidine rings is 1. The van der Waals surface area contributed by atoms with Gasteiger partial charge in [0.15, 0.2) is 0 Å². The molecular formula is C10H22N2O. The van der Waals surface area contributed by atoms with Crippen molar-refractivity contribution in [2.45, 2.75) is 38.3 Å². The van der Waals surface area contributed by atoms with Gasteiger partial charge in [0.2, 0.25) is 0 Å². The van der Waals surface area contributed by atoms with Crippen LogP contribution in [0.1, 0.15) is 26.2 Å². The molecular weight excluding hydrogens is 164 g/mol. The summed E-state index contributed by atoms with van der Waals surface area (Å²) in [6.07, 6.45) is 3.57. The van der Waals surface area contributed by atoms with Crippen LogP contribution in [0.15, 0.2) is 0 Å². The molecule has 0 radical (unpaired) electrons. The molecule has 1 saturated heterocycles. The molecule has 3 nitrogen and oxygen atoms in total. The van der Waals surface area contributed by atoms with Crippen molar-refractivity contribution in [3.8, 4) is 0 Å². The van der Waals surface area contributed by atoms with Gasteiger partial charge < -0.3 is 10.5 Å². The lowest BCUT2D eigenvalue weighted by Crippen LogP contribution is -2.48. The highest BCUT2D eigenvalue weighted by Crippen LogP contribution is 2.13. The van der Waals surface area contributed by atoms with E-state index in [2.05, 4.69) is 11.8 Å². The highest BCUT2D eigenvalue weighted by atomic mass is 16.5. The molecule has 78 valence electrons. The van der Waals surface area contributed by atoms with E-state index < -0.39 is 0 Å². The lowest BCUT2D eigenvalue weighted by Gasteiger charge is -2.36. The van der Waals surface area contributed by atoms with E-state index in [-0.39, 0.29) is 0 Å². The Hall–Kier alpha value is -0.120. The zero-order chi connectivity index (χ0) is 9.68. The van der Waals surface area contributed by atoms with Crippen LogP contribution in [0.3, 0.4) is 0 Å². The first-order chi connectivity index (χ1) is 6.27. The minimum absolute atomic E-state index is 0.375. The van der Waals surface area contributed by atoms with Crippen molar-refractivity contribution in [3.63, 3.8) is 0 Å². The van der Waals surface area contributed by atoms with Crippen molar-refractivity contribution in [1.29, 1.82) is 0 Å². The van der Waals surface area contributed by atoms with E-state index in [1.807, 2.05) is 0 Å². The molecule has 0 saturated carbocycles. The number of hydrogen-bond acceptors (Lipinski definition) is 3. The smallest absolute Gasteiger partial charge is 0.0617 e. The molecule has 2 atom stereocenters. The molecule has 2 unspecified atom stereocenters. The molecule has 0 bridgehead atoms. The fraction of sp³-hybridized carbons (Fsp3) is 1.00. The summed E-state index contributed by atoms with van der Waals surface area (Å²) in [5, 5.41) is 0. The molecule has 0 aromatic carbocycles. The van der Waals surface area contributed by atoms with Gasteiger partial charge in [-0.3, -0.25) is 4.90 Å². The monoisotopic (exact) mass is 186 g/mol. The minimum Gasteiger partial charge on any atom is -0.383 e. The molecule has 1 aliphatic rings. The molecule has 3 heteroatoms. The lowest BCUT2D eigenvalue weighted by atomic mass is 10.0. The third-order valence-electron chi connectivity index (χ3n) is 2.84. The Morgan fingerprint density at radius 2 is 2.38 bits per heavy atom. The zero-order valence-electron chi connectivity index (χ0n) is 8.83. The average molecular weight is 186 g/mol. The Morgan fingerprint density at radius 3 is 2.92 bits per heavy atom. The summed E-state index contributed by atoms with van der Waals surface area (Å²) in [6.45, 7) is 5.28. The number of rotatable bonds is 4. The second-order valence-corrected chi connectivity index (χ2v) is 3.91. The van der Waals surface area contributed by atoms with Gasteiger partial charge in [-0.1, -0.05) is 6.92 Å². The van der Waals surface area contributed by atoms with Gasteiger partial charge in [0, 0.05) is 25.7 Å². The molecule has 2 N–H and O–H groups in total. The summed E-state index contributed by atoms with van der Waals surface area (Å²) in [7, 11) is 1.77. The molecule has 1 aliphatic heterocycles. The number of ether oxygens (including phenoxy) is 1. The molecule has 1 heterocycles. The highest BCUT2D eigenvalue weighted by molar-refractivity contribution is 4.79. The number of methoxy groups -OCH3 is 1. The summed E-state index contributed by atoms with van der Waals surface area (Å²) in [5.41, 5.74) is 5.93. The molecule has 0 aliphatic carbocycles. The summed E-state index contributed by atoms with van der Waals surface area (Å²) < 4.78 is 5.20. The van der Waals surface area contributed by atoms with Gasteiger partial charge in [0.1, 0.15) is 0 Å². The molecule has 0 spiro atoms.